The highest BCUT2D eigenvalue weighted by Gasteiger charge is 2.22. The molecule has 5 heteroatoms. The molecule has 0 unspecified atom stereocenters. The van der Waals surface area contributed by atoms with Crippen molar-refractivity contribution in [3.05, 3.63) is 21.6 Å². The lowest BCUT2D eigenvalue weighted by Gasteiger charge is -1.98. The van der Waals surface area contributed by atoms with Crippen LogP contribution >= 0.6 is 0 Å². The average Bonchev–Trinajstić information content (AvgIpc) is 2.33. The van der Waals surface area contributed by atoms with Crippen LogP contribution in [-0.2, 0) is 0 Å². The van der Waals surface area contributed by atoms with Gasteiger partial charge in [-0.25, -0.2) is 0 Å². The first kappa shape index (κ1) is 6.85. The fraction of sp³-hybridized carbons (Fsp3) is 0.600. The fourth-order valence-corrected chi connectivity index (χ4v) is 0.948. The van der Waals surface area contributed by atoms with Crippen molar-refractivity contribution >= 4 is 0 Å². The topological polar surface area (TPSA) is 67.2 Å². The number of hydrogen-bond donors (Lipinski definition) is 2. The minimum absolute atomic E-state index is 0.252. The van der Waals surface area contributed by atoms with Gasteiger partial charge in [-0.05, 0) is 0 Å². The van der Waals surface area contributed by atoms with Crippen LogP contribution in [-0.4, -0.2) is 18.5 Å². The van der Waals surface area contributed by atoms with Crippen LogP contribution in [0.2, 0.25) is 0 Å². The highest BCUT2D eigenvalue weighted by Crippen LogP contribution is 2.10. The Morgan fingerprint density at radius 1 is 1.80 bits per heavy atom. The van der Waals surface area contributed by atoms with E-state index in [9.17, 15) is 10.1 Å². The Labute approximate surface area is 58.3 Å². The Kier molecular flexibility index (Phi) is 1.75. The number of hydrogen-bond acceptors (Lipinski definition) is 4. The summed E-state index contributed by atoms with van der Waals surface area (Å²) in [7, 11) is 1.66. The van der Waals surface area contributed by atoms with Gasteiger partial charge >= 0.3 is 0 Å². The predicted octanol–water partition coefficient (Wildman–Crippen LogP) is -0.355. The van der Waals surface area contributed by atoms with Crippen LogP contribution in [0.25, 0.3) is 0 Å². The molecule has 0 radical (unpaired) electrons. The summed E-state index contributed by atoms with van der Waals surface area (Å²) < 4.78 is 0. The molecule has 0 bridgehead atoms. The standard InChI is InChI=1S/C5H9N3O2/c1-6-5-4(8(9)10)2-3-7-5/h6-7H,2-3H2,1H3. The molecule has 0 amide bonds. The number of nitro groups is 1. The molecular weight excluding hydrogens is 134 g/mol. The van der Waals surface area contributed by atoms with Gasteiger partial charge in [0, 0.05) is 13.6 Å². The van der Waals surface area contributed by atoms with E-state index in [0.29, 0.717) is 18.8 Å². The Morgan fingerprint density at radius 3 is 2.90 bits per heavy atom. The van der Waals surface area contributed by atoms with Crippen molar-refractivity contribution in [1.82, 2.24) is 10.6 Å². The molecule has 0 fully saturated rings. The van der Waals surface area contributed by atoms with Crippen molar-refractivity contribution in [2.24, 2.45) is 0 Å². The Hall–Kier alpha value is -1.26. The quantitative estimate of drug-likeness (QED) is 0.409. The summed E-state index contributed by atoms with van der Waals surface area (Å²) in [6.45, 7) is 0.659. The summed E-state index contributed by atoms with van der Waals surface area (Å²) in [5.41, 5.74) is 0.252. The molecule has 1 aliphatic rings. The zero-order chi connectivity index (χ0) is 7.56. The number of rotatable bonds is 2. The second-order valence-electron chi connectivity index (χ2n) is 2.01. The van der Waals surface area contributed by atoms with E-state index in [1.54, 1.807) is 7.05 Å². The lowest BCUT2D eigenvalue weighted by Crippen LogP contribution is -2.20. The molecule has 1 rings (SSSR count). The first-order valence-corrected chi connectivity index (χ1v) is 3.05. The summed E-state index contributed by atoms with van der Waals surface area (Å²) in [6.07, 6.45) is 0.503. The largest absolute Gasteiger partial charge is 0.370 e. The van der Waals surface area contributed by atoms with Crippen molar-refractivity contribution in [2.45, 2.75) is 6.42 Å². The van der Waals surface area contributed by atoms with Gasteiger partial charge in [0.2, 0.25) is 0 Å². The van der Waals surface area contributed by atoms with E-state index in [0.717, 1.165) is 0 Å². The first-order valence-electron chi connectivity index (χ1n) is 3.05. The highest BCUT2D eigenvalue weighted by molar-refractivity contribution is 5.09. The van der Waals surface area contributed by atoms with Crippen LogP contribution in [0.5, 0.6) is 0 Å². The number of nitrogens with one attached hydrogen (secondary N) is 2. The molecule has 0 atom stereocenters. The van der Waals surface area contributed by atoms with E-state index in [4.69, 9.17) is 0 Å². The van der Waals surface area contributed by atoms with Gasteiger partial charge in [-0.2, -0.15) is 0 Å². The molecule has 0 aromatic heterocycles. The third-order valence-corrected chi connectivity index (χ3v) is 1.42. The minimum Gasteiger partial charge on any atom is -0.370 e. The molecular formula is C5H9N3O2. The van der Waals surface area contributed by atoms with Gasteiger partial charge in [0.1, 0.15) is 0 Å². The normalized spacial score (nSPS) is 16.9. The monoisotopic (exact) mass is 143 g/mol. The molecule has 10 heavy (non-hydrogen) atoms. The molecule has 1 heterocycles. The molecule has 2 N–H and O–H groups in total. The van der Waals surface area contributed by atoms with Gasteiger partial charge in [0.15, 0.2) is 5.82 Å². The lowest BCUT2D eigenvalue weighted by atomic mass is 10.4. The van der Waals surface area contributed by atoms with Crippen LogP contribution in [0, 0.1) is 10.1 Å². The molecule has 56 valence electrons. The maximum atomic E-state index is 10.2. The SMILES string of the molecule is CNC1=C([N+](=O)[O-])CCN1. The fourth-order valence-electron chi connectivity index (χ4n) is 0.948. The van der Waals surface area contributed by atoms with Gasteiger partial charge in [-0.1, -0.05) is 0 Å². The van der Waals surface area contributed by atoms with E-state index in [2.05, 4.69) is 10.6 Å². The summed E-state index contributed by atoms with van der Waals surface area (Å²) in [5, 5.41) is 15.8. The highest BCUT2D eigenvalue weighted by atomic mass is 16.6. The van der Waals surface area contributed by atoms with Crippen molar-refractivity contribution in [2.75, 3.05) is 13.6 Å². The Morgan fingerprint density at radius 2 is 2.50 bits per heavy atom. The van der Waals surface area contributed by atoms with Gasteiger partial charge in [0.25, 0.3) is 5.70 Å². The Bertz CT molecular complexity index is 187. The molecule has 0 saturated heterocycles. The van der Waals surface area contributed by atoms with Gasteiger partial charge in [-0.15, -0.1) is 0 Å². The van der Waals surface area contributed by atoms with Crippen LogP contribution in [0.4, 0.5) is 0 Å². The van der Waals surface area contributed by atoms with Crippen LogP contribution in [0.1, 0.15) is 6.42 Å². The van der Waals surface area contributed by atoms with Gasteiger partial charge < -0.3 is 10.6 Å². The summed E-state index contributed by atoms with van der Waals surface area (Å²) in [6, 6.07) is 0. The zero-order valence-electron chi connectivity index (χ0n) is 5.68. The average molecular weight is 143 g/mol. The van der Waals surface area contributed by atoms with Gasteiger partial charge in [0.05, 0.1) is 11.3 Å². The van der Waals surface area contributed by atoms with E-state index < -0.39 is 0 Å². The van der Waals surface area contributed by atoms with Crippen LogP contribution in [0.3, 0.4) is 0 Å². The maximum absolute atomic E-state index is 10.2. The van der Waals surface area contributed by atoms with Crippen molar-refractivity contribution in [3.8, 4) is 0 Å². The maximum Gasteiger partial charge on any atom is 0.287 e. The van der Waals surface area contributed by atoms with E-state index in [-0.39, 0.29) is 10.6 Å². The second kappa shape index (κ2) is 2.55. The first-order chi connectivity index (χ1) is 4.75. The van der Waals surface area contributed by atoms with Gasteiger partial charge in [-0.3, -0.25) is 10.1 Å². The third-order valence-electron chi connectivity index (χ3n) is 1.42. The second-order valence-corrected chi connectivity index (χ2v) is 2.01. The molecule has 5 nitrogen and oxygen atoms in total. The molecule has 0 aromatic rings. The summed E-state index contributed by atoms with van der Waals surface area (Å²) >= 11 is 0. The minimum atomic E-state index is -0.355. The van der Waals surface area contributed by atoms with E-state index in [1.807, 2.05) is 0 Å². The predicted molar refractivity (Wildman–Crippen MR) is 35.7 cm³/mol. The lowest BCUT2D eigenvalue weighted by molar-refractivity contribution is -0.427. The smallest absolute Gasteiger partial charge is 0.287 e. The molecule has 0 aromatic carbocycles. The van der Waals surface area contributed by atoms with Crippen molar-refractivity contribution in [3.63, 3.8) is 0 Å². The van der Waals surface area contributed by atoms with Crippen LogP contribution < -0.4 is 10.6 Å². The summed E-state index contributed by atoms with van der Waals surface area (Å²) in [5.74, 6) is 0.546. The molecule has 0 spiro atoms. The van der Waals surface area contributed by atoms with Crippen molar-refractivity contribution < 1.29 is 4.92 Å². The number of nitrogens with zero attached hydrogens (tertiary/aromatic N) is 1. The van der Waals surface area contributed by atoms with Crippen molar-refractivity contribution in [1.29, 1.82) is 0 Å². The van der Waals surface area contributed by atoms with E-state index >= 15 is 0 Å². The Balaban J connectivity index is 2.78. The molecule has 0 saturated carbocycles. The summed E-state index contributed by atoms with van der Waals surface area (Å²) in [4.78, 5) is 9.88. The molecule has 1 aliphatic heterocycles. The molecule has 0 aliphatic carbocycles. The zero-order valence-corrected chi connectivity index (χ0v) is 5.68. The third kappa shape index (κ3) is 1.02. The van der Waals surface area contributed by atoms with E-state index in [1.165, 1.54) is 0 Å². The van der Waals surface area contributed by atoms with Crippen LogP contribution in [0.15, 0.2) is 11.5 Å².